The van der Waals surface area contributed by atoms with Crippen molar-refractivity contribution in [2.75, 3.05) is 31.2 Å². The molecule has 3 aromatic rings. The van der Waals surface area contributed by atoms with E-state index in [1.807, 2.05) is 30.3 Å². The van der Waals surface area contributed by atoms with Crippen molar-refractivity contribution >= 4 is 17.3 Å². The highest BCUT2D eigenvalue weighted by atomic mass is 35.5. The smallest absolute Gasteiger partial charge is 0.258 e. The van der Waals surface area contributed by atoms with E-state index in [-0.39, 0.29) is 13.2 Å². The standard InChI is InChI=1S/C21H24ClN5O3/c22-17-8-13(4-5-14(17)9-23)20-25-19(26-30-20)16-2-1-3-18-15(16)6-7-27(18)10-21(24,11-28)12-29/h1-5,8,28-29H,6-7,9-12,23-24H2. The Bertz CT molecular complexity index is 1050. The molecule has 0 radical (unpaired) electrons. The van der Waals surface area contributed by atoms with E-state index in [0.717, 1.165) is 40.9 Å². The molecule has 0 spiro atoms. The lowest BCUT2D eigenvalue weighted by atomic mass is 10.0. The minimum absolute atomic E-state index is 0.297. The number of aliphatic hydroxyl groups is 2. The first-order valence-electron chi connectivity index (χ1n) is 9.68. The Morgan fingerprint density at radius 1 is 1.20 bits per heavy atom. The molecule has 2 aromatic carbocycles. The molecule has 0 aliphatic carbocycles. The largest absolute Gasteiger partial charge is 0.394 e. The van der Waals surface area contributed by atoms with Crippen LogP contribution in [0.4, 0.5) is 5.69 Å². The number of benzene rings is 2. The number of nitrogens with zero attached hydrogens (tertiary/aromatic N) is 3. The van der Waals surface area contributed by atoms with Gasteiger partial charge in [0.1, 0.15) is 0 Å². The number of anilines is 1. The van der Waals surface area contributed by atoms with E-state index >= 15 is 0 Å². The number of fused-ring (bicyclic) bond motifs is 1. The highest BCUT2D eigenvalue weighted by molar-refractivity contribution is 6.31. The number of hydrogen-bond donors (Lipinski definition) is 4. The van der Waals surface area contributed by atoms with Crippen molar-refractivity contribution in [3.63, 3.8) is 0 Å². The lowest BCUT2D eigenvalue weighted by Crippen LogP contribution is -2.55. The van der Waals surface area contributed by atoms with Crippen molar-refractivity contribution < 1.29 is 14.7 Å². The van der Waals surface area contributed by atoms with Gasteiger partial charge in [0, 0.05) is 41.5 Å². The van der Waals surface area contributed by atoms with Crippen molar-refractivity contribution in [3.05, 3.63) is 52.5 Å². The van der Waals surface area contributed by atoms with Crippen molar-refractivity contribution in [1.82, 2.24) is 10.1 Å². The molecule has 9 heteroatoms. The van der Waals surface area contributed by atoms with Gasteiger partial charge in [-0.1, -0.05) is 35.0 Å². The Morgan fingerprint density at radius 3 is 2.70 bits per heavy atom. The van der Waals surface area contributed by atoms with Gasteiger partial charge in [0.15, 0.2) is 0 Å². The minimum atomic E-state index is -1.06. The third-order valence-electron chi connectivity index (χ3n) is 5.45. The van der Waals surface area contributed by atoms with Crippen LogP contribution in [0.1, 0.15) is 11.1 Å². The van der Waals surface area contributed by atoms with Crippen molar-refractivity contribution in [3.8, 4) is 22.8 Å². The molecule has 30 heavy (non-hydrogen) atoms. The summed E-state index contributed by atoms with van der Waals surface area (Å²) < 4.78 is 5.48. The maximum absolute atomic E-state index is 9.53. The van der Waals surface area contributed by atoms with Gasteiger partial charge in [-0.05, 0) is 35.7 Å². The molecule has 8 nitrogen and oxygen atoms in total. The highest BCUT2D eigenvalue weighted by Crippen LogP contribution is 2.36. The van der Waals surface area contributed by atoms with Gasteiger partial charge in [0.05, 0.1) is 18.8 Å². The van der Waals surface area contributed by atoms with E-state index in [9.17, 15) is 10.2 Å². The summed E-state index contributed by atoms with van der Waals surface area (Å²) in [6.07, 6.45) is 0.777. The average Bonchev–Trinajstić information content (AvgIpc) is 3.41. The summed E-state index contributed by atoms with van der Waals surface area (Å²) in [5.41, 5.74) is 15.2. The number of aromatic nitrogens is 2. The molecule has 158 valence electrons. The van der Waals surface area contributed by atoms with Crippen LogP contribution in [-0.2, 0) is 13.0 Å². The van der Waals surface area contributed by atoms with Crippen molar-refractivity contribution in [2.24, 2.45) is 11.5 Å². The van der Waals surface area contributed by atoms with E-state index in [4.69, 9.17) is 27.6 Å². The van der Waals surface area contributed by atoms with Gasteiger partial charge in [-0.15, -0.1) is 0 Å². The zero-order chi connectivity index (χ0) is 21.3. The van der Waals surface area contributed by atoms with Crippen LogP contribution in [0.2, 0.25) is 5.02 Å². The molecular weight excluding hydrogens is 406 g/mol. The number of nitrogens with two attached hydrogens (primary N) is 2. The summed E-state index contributed by atoms with van der Waals surface area (Å²) in [6.45, 7) is 0.840. The molecule has 0 amide bonds. The second-order valence-electron chi connectivity index (χ2n) is 7.59. The first-order valence-corrected chi connectivity index (χ1v) is 10.1. The summed E-state index contributed by atoms with van der Waals surface area (Å²) in [5, 5.41) is 23.8. The third kappa shape index (κ3) is 3.80. The second kappa shape index (κ2) is 8.33. The Labute approximate surface area is 179 Å². The van der Waals surface area contributed by atoms with Crippen LogP contribution < -0.4 is 16.4 Å². The molecule has 1 aliphatic heterocycles. The number of aliphatic hydroxyl groups excluding tert-OH is 2. The number of halogens is 1. The molecule has 2 heterocycles. The van der Waals surface area contributed by atoms with Crippen LogP contribution >= 0.6 is 11.6 Å². The fraction of sp³-hybridized carbons (Fsp3) is 0.333. The van der Waals surface area contributed by atoms with E-state index in [1.54, 1.807) is 6.07 Å². The predicted octanol–water partition coefficient (Wildman–Crippen LogP) is 1.56. The zero-order valence-electron chi connectivity index (χ0n) is 16.4. The van der Waals surface area contributed by atoms with Gasteiger partial charge in [-0.2, -0.15) is 4.98 Å². The molecular formula is C21H24ClN5O3. The summed E-state index contributed by atoms with van der Waals surface area (Å²) in [4.78, 5) is 6.63. The first-order chi connectivity index (χ1) is 14.5. The minimum Gasteiger partial charge on any atom is -0.394 e. The third-order valence-corrected chi connectivity index (χ3v) is 5.80. The van der Waals surface area contributed by atoms with Gasteiger partial charge in [-0.25, -0.2) is 0 Å². The van der Waals surface area contributed by atoms with Crippen LogP contribution in [0.15, 0.2) is 40.9 Å². The maximum Gasteiger partial charge on any atom is 0.258 e. The second-order valence-corrected chi connectivity index (χ2v) is 7.99. The Hall–Kier alpha value is -2.49. The molecule has 0 unspecified atom stereocenters. The maximum atomic E-state index is 9.53. The van der Waals surface area contributed by atoms with E-state index in [1.165, 1.54) is 0 Å². The fourth-order valence-corrected chi connectivity index (χ4v) is 3.96. The van der Waals surface area contributed by atoms with Gasteiger partial charge in [0.25, 0.3) is 5.89 Å². The molecule has 4 rings (SSSR count). The van der Waals surface area contributed by atoms with Crippen molar-refractivity contribution in [2.45, 2.75) is 18.5 Å². The van der Waals surface area contributed by atoms with Crippen LogP contribution in [0.25, 0.3) is 22.8 Å². The summed E-state index contributed by atoms with van der Waals surface area (Å²) in [6, 6.07) is 11.3. The topological polar surface area (TPSA) is 135 Å². The first kappa shape index (κ1) is 20.8. The van der Waals surface area contributed by atoms with Crippen LogP contribution in [-0.4, -0.2) is 52.2 Å². The molecule has 6 N–H and O–H groups in total. The van der Waals surface area contributed by atoms with Gasteiger partial charge < -0.3 is 31.1 Å². The molecule has 0 saturated carbocycles. The van der Waals surface area contributed by atoms with Crippen LogP contribution in [0.3, 0.4) is 0 Å². The SMILES string of the molecule is NCc1ccc(-c2nc(-c3cccc4c3CCN4CC(N)(CO)CO)no2)cc1Cl. The molecule has 1 aliphatic rings. The van der Waals surface area contributed by atoms with Gasteiger partial charge in [0.2, 0.25) is 5.82 Å². The number of rotatable bonds is 7. The van der Waals surface area contributed by atoms with Crippen LogP contribution in [0, 0.1) is 0 Å². The average molecular weight is 430 g/mol. The van der Waals surface area contributed by atoms with Crippen molar-refractivity contribution in [1.29, 1.82) is 0 Å². The van der Waals surface area contributed by atoms with E-state index in [0.29, 0.717) is 29.8 Å². The van der Waals surface area contributed by atoms with Gasteiger partial charge >= 0.3 is 0 Å². The summed E-state index contributed by atoms with van der Waals surface area (Å²) >= 11 is 6.25. The normalized spacial score (nSPS) is 13.7. The lowest BCUT2D eigenvalue weighted by Gasteiger charge is -2.31. The molecule has 0 atom stereocenters. The Morgan fingerprint density at radius 2 is 2.00 bits per heavy atom. The van der Waals surface area contributed by atoms with Gasteiger partial charge in [-0.3, -0.25) is 0 Å². The monoisotopic (exact) mass is 429 g/mol. The molecule has 0 fully saturated rings. The summed E-state index contributed by atoms with van der Waals surface area (Å²) in [5.74, 6) is 0.871. The fourth-order valence-electron chi connectivity index (χ4n) is 3.70. The molecule has 1 aromatic heterocycles. The summed E-state index contributed by atoms with van der Waals surface area (Å²) in [7, 11) is 0. The quantitative estimate of drug-likeness (QED) is 0.444. The molecule has 0 saturated heterocycles. The number of hydrogen-bond acceptors (Lipinski definition) is 8. The van der Waals surface area contributed by atoms with E-state index < -0.39 is 5.54 Å². The van der Waals surface area contributed by atoms with Crippen LogP contribution in [0.5, 0.6) is 0 Å². The van der Waals surface area contributed by atoms with E-state index in [2.05, 4.69) is 15.0 Å². The predicted molar refractivity (Wildman–Crippen MR) is 115 cm³/mol. The zero-order valence-corrected chi connectivity index (χ0v) is 17.1. The Kier molecular flexibility index (Phi) is 5.77. The molecule has 0 bridgehead atoms. The highest BCUT2D eigenvalue weighted by Gasteiger charge is 2.31. The lowest BCUT2D eigenvalue weighted by molar-refractivity contribution is 0.125. The Balaban J connectivity index is 1.64.